The highest BCUT2D eigenvalue weighted by Crippen LogP contribution is 2.24. The van der Waals surface area contributed by atoms with E-state index in [1.54, 1.807) is 7.11 Å². The van der Waals surface area contributed by atoms with Crippen LogP contribution in [0.25, 0.3) is 0 Å². The summed E-state index contributed by atoms with van der Waals surface area (Å²) in [4.78, 5) is 13.2. The minimum atomic E-state index is -0.704. The fourth-order valence-electron chi connectivity index (χ4n) is 2.27. The summed E-state index contributed by atoms with van der Waals surface area (Å²) in [6.07, 6.45) is 1.83. The highest BCUT2D eigenvalue weighted by molar-refractivity contribution is 5.73. The maximum atomic E-state index is 11.1. The van der Waals surface area contributed by atoms with Crippen LogP contribution in [0.4, 0.5) is 0 Å². The molecule has 3 atom stereocenters. The second-order valence-electron chi connectivity index (χ2n) is 4.53. The molecule has 0 aromatic rings. The Hall–Kier alpha value is -0.610. The molecule has 0 spiro atoms. The summed E-state index contributed by atoms with van der Waals surface area (Å²) in [5.41, 5.74) is 0. The number of likely N-dealkylation sites (tertiary alicyclic amines) is 1. The standard InChI is InChI=1S/C11H21NO3/c1-8-4-5-12(9(2)7-15-3)10(6-8)11(13)14/h8-10H,4-7H2,1-3H3,(H,13,14). The molecule has 0 saturated carbocycles. The topological polar surface area (TPSA) is 49.8 Å². The normalized spacial score (nSPS) is 30.1. The monoisotopic (exact) mass is 215 g/mol. The van der Waals surface area contributed by atoms with E-state index in [1.807, 2.05) is 11.8 Å². The quantitative estimate of drug-likeness (QED) is 0.765. The number of carbonyl (C=O) groups is 1. The van der Waals surface area contributed by atoms with Gasteiger partial charge in [-0.2, -0.15) is 0 Å². The summed E-state index contributed by atoms with van der Waals surface area (Å²) in [5.74, 6) is -0.193. The van der Waals surface area contributed by atoms with E-state index >= 15 is 0 Å². The molecular formula is C11H21NO3. The number of aliphatic carboxylic acids is 1. The third-order valence-electron chi connectivity index (χ3n) is 3.17. The Balaban J connectivity index is 2.63. The fourth-order valence-corrected chi connectivity index (χ4v) is 2.27. The molecule has 1 fully saturated rings. The average Bonchev–Trinajstić information content (AvgIpc) is 2.17. The van der Waals surface area contributed by atoms with Crippen LogP contribution in [0.1, 0.15) is 26.7 Å². The summed E-state index contributed by atoms with van der Waals surface area (Å²) in [5, 5.41) is 9.16. The van der Waals surface area contributed by atoms with Crippen molar-refractivity contribution < 1.29 is 14.6 Å². The van der Waals surface area contributed by atoms with E-state index in [1.165, 1.54) is 0 Å². The molecule has 0 bridgehead atoms. The predicted molar refractivity (Wildman–Crippen MR) is 57.9 cm³/mol. The van der Waals surface area contributed by atoms with Gasteiger partial charge in [0, 0.05) is 13.2 Å². The van der Waals surface area contributed by atoms with Gasteiger partial charge in [0.25, 0.3) is 0 Å². The Morgan fingerprint density at radius 2 is 2.33 bits per heavy atom. The van der Waals surface area contributed by atoms with Crippen LogP contribution < -0.4 is 0 Å². The van der Waals surface area contributed by atoms with E-state index in [0.29, 0.717) is 12.5 Å². The van der Waals surface area contributed by atoms with Crippen molar-refractivity contribution in [3.8, 4) is 0 Å². The first-order chi connectivity index (χ1) is 7.06. The van der Waals surface area contributed by atoms with Crippen molar-refractivity contribution in [3.63, 3.8) is 0 Å². The number of rotatable bonds is 4. The number of hydrogen-bond acceptors (Lipinski definition) is 3. The van der Waals surface area contributed by atoms with Crippen molar-refractivity contribution in [2.45, 2.75) is 38.8 Å². The second-order valence-corrected chi connectivity index (χ2v) is 4.53. The van der Waals surface area contributed by atoms with E-state index in [0.717, 1.165) is 19.4 Å². The Morgan fingerprint density at radius 3 is 2.87 bits per heavy atom. The number of nitrogens with zero attached hydrogens (tertiary/aromatic N) is 1. The van der Waals surface area contributed by atoms with E-state index < -0.39 is 5.97 Å². The number of carboxylic acid groups (broad SMARTS) is 1. The number of hydrogen-bond donors (Lipinski definition) is 1. The third-order valence-corrected chi connectivity index (χ3v) is 3.17. The average molecular weight is 215 g/mol. The number of methoxy groups -OCH3 is 1. The molecule has 1 aliphatic rings. The lowest BCUT2D eigenvalue weighted by molar-refractivity contribution is -0.147. The van der Waals surface area contributed by atoms with Crippen LogP contribution in [-0.2, 0) is 9.53 Å². The molecule has 0 aromatic carbocycles. The molecule has 1 rings (SSSR count). The molecule has 0 aromatic heterocycles. The van der Waals surface area contributed by atoms with Crippen molar-refractivity contribution in [3.05, 3.63) is 0 Å². The van der Waals surface area contributed by atoms with Gasteiger partial charge in [0.05, 0.1) is 6.61 Å². The van der Waals surface area contributed by atoms with Gasteiger partial charge in [0.1, 0.15) is 6.04 Å². The highest BCUT2D eigenvalue weighted by atomic mass is 16.5. The van der Waals surface area contributed by atoms with E-state index in [4.69, 9.17) is 9.84 Å². The van der Waals surface area contributed by atoms with Crippen molar-refractivity contribution in [1.29, 1.82) is 0 Å². The first-order valence-corrected chi connectivity index (χ1v) is 5.53. The van der Waals surface area contributed by atoms with Crippen molar-refractivity contribution in [2.75, 3.05) is 20.3 Å². The Morgan fingerprint density at radius 1 is 1.67 bits per heavy atom. The van der Waals surface area contributed by atoms with Gasteiger partial charge < -0.3 is 9.84 Å². The molecule has 0 amide bonds. The summed E-state index contributed by atoms with van der Waals surface area (Å²) in [7, 11) is 1.65. The van der Waals surface area contributed by atoms with Gasteiger partial charge in [-0.3, -0.25) is 9.69 Å². The molecule has 15 heavy (non-hydrogen) atoms. The second kappa shape index (κ2) is 5.47. The van der Waals surface area contributed by atoms with Crippen LogP contribution in [0.3, 0.4) is 0 Å². The predicted octanol–water partition coefficient (Wildman–Crippen LogP) is 1.21. The molecule has 1 N–H and O–H groups in total. The summed E-state index contributed by atoms with van der Waals surface area (Å²) in [6, 6.07) is -0.150. The number of piperidine rings is 1. The molecule has 3 unspecified atom stereocenters. The smallest absolute Gasteiger partial charge is 0.320 e. The maximum Gasteiger partial charge on any atom is 0.320 e. The summed E-state index contributed by atoms with van der Waals surface area (Å²) >= 11 is 0. The summed E-state index contributed by atoms with van der Waals surface area (Å²) < 4.78 is 5.08. The van der Waals surface area contributed by atoms with Crippen molar-refractivity contribution in [2.24, 2.45) is 5.92 Å². The van der Waals surface area contributed by atoms with Gasteiger partial charge in [-0.1, -0.05) is 6.92 Å². The minimum absolute atomic E-state index is 0.184. The molecule has 4 heteroatoms. The highest BCUT2D eigenvalue weighted by Gasteiger charge is 2.34. The molecular weight excluding hydrogens is 194 g/mol. The lowest BCUT2D eigenvalue weighted by atomic mass is 9.91. The zero-order valence-electron chi connectivity index (χ0n) is 9.77. The molecule has 1 aliphatic heterocycles. The molecule has 0 aliphatic carbocycles. The minimum Gasteiger partial charge on any atom is -0.480 e. The lowest BCUT2D eigenvalue weighted by Gasteiger charge is -2.39. The number of carboxylic acids is 1. The lowest BCUT2D eigenvalue weighted by Crippen LogP contribution is -2.52. The van der Waals surface area contributed by atoms with Crippen LogP contribution in [-0.4, -0.2) is 48.3 Å². The SMILES string of the molecule is COCC(C)N1CCC(C)CC1C(=O)O. The van der Waals surface area contributed by atoms with Crippen molar-refractivity contribution in [1.82, 2.24) is 4.90 Å². The van der Waals surface area contributed by atoms with Crippen LogP contribution in [0, 0.1) is 5.92 Å². The first-order valence-electron chi connectivity index (χ1n) is 5.53. The van der Waals surface area contributed by atoms with Gasteiger partial charge in [-0.15, -0.1) is 0 Å². The molecule has 1 heterocycles. The maximum absolute atomic E-state index is 11.1. The summed E-state index contributed by atoms with van der Waals surface area (Å²) in [6.45, 7) is 5.60. The van der Waals surface area contributed by atoms with E-state index in [2.05, 4.69) is 6.92 Å². The molecule has 1 saturated heterocycles. The third kappa shape index (κ3) is 3.18. The van der Waals surface area contributed by atoms with Crippen LogP contribution in [0.2, 0.25) is 0 Å². The molecule has 4 nitrogen and oxygen atoms in total. The number of ether oxygens (including phenoxy) is 1. The zero-order valence-corrected chi connectivity index (χ0v) is 9.77. The van der Waals surface area contributed by atoms with Crippen LogP contribution in [0.5, 0.6) is 0 Å². The van der Waals surface area contributed by atoms with E-state index in [-0.39, 0.29) is 12.1 Å². The van der Waals surface area contributed by atoms with Crippen molar-refractivity contribution >= 4 is 5.97 Å². The largest absolute Gasteiger partial charge is 0.480 e. The Labute approximate surface area is 91.2 Å². The first kappa shape index (κ1) is 12.5. The molecule has 88 valence electrons. The zero-order chi connectivity index (χ0) is 11.4. The van der Waals surface area contributed by atoms with Gasteiger partial charge in [0.2, 0.25) is 0 Å². The molecule has 0 radical (unpaired) electrons. The van der Waals surface area contributed by atoms with Crippen LogP contribution in [0.15, 0.2) is 0 Å². The van der Waals surface area contributed by atoms with Crippen LogP contribution >= 0.6 is 0 Å². The Bertz CT molecular complexity index is 220. The van der Waals surface area contributed by atoms with Gasteiger partial charge in [-0.05, 0) is 32.2 Å². The fraction of sp³-hybridized carbons (Fsp3) is 0.909. The van der Waals surface area contributed by atoms with E-state index in [9.17, 15) is 4.79 Å². The van der Waals surface area contributed by atoms with Gasteiger partial charge >= 0.3 is 5.97 Å². The van der Waals surface area contributed by atoms with Gasteiger partial charge in [-0.25, -0.2) is 0 Å². The Kier molecular flexibility index (Phi) is 4.54. The van der Waals surface area contributed by atoms with Gasteiger partial charge in [0.15, 0.2) is 0 Å².